The van der Waals surface area contributed by atoms with E-state index in [0.29, 0.717) is 19.2 Å². The molecule has 0 aromatic carbocycles. The Kier molecular flexibility index (Phi) is 5.70. The Balaban J connectivity index is 2.72. The van der Waals surface area contributed by atoms with Crippen molar-refractivity contribution in [3.63, 3.8) is 0 Å². The minimum atomic E-state index is 0.290. The third kappa shape index (κ3) is 6.33. The van der Waals surface area contributed by atoms with E-state index in [1.54, 1.807) is 0 Å². The van der Waals surface area contributed by atoms with E-state index in [-0.39, 0.29) is 0 Å². The van der Waals surface area contributed by atoms with Crippen LogP contribution in [0.2, 0.25) is 0 Å². The van der Waals surface area contributed by atoms with Crippen LogP contribution in [-0.4, -0.2) is 27.1 Å². The second kappa shape index (κ2) is 5.47. The molecule has 4 heteroatoms. The first-order valence-corrected chi connectivity index (χ1v) is 3.02. The molecule has 0 heterocycles. The van der Waals surface area contributed by atoms with Crippen molar-refractivity contribution in [1.82, 2.24) is 0 Å². The Hall–Kier alpha value is 0.335. The van der Waals surface area contributed by atoms with E-state index in [2.05, 4.69) is 17.1 Å². The Morgan fingerprint density at radius 3 is 2.62 bits per heavy atom. The molecule has 0 radical (unpaired) electrons. The first-order chi connectivity index (χ1) is 3.77. The van der Waals surface area contributed by atoms with Crippen LogP contribution in [0.25, 0.3) is 0 Å². The van der Waals surface area contributed by atoms with Gasteiger partial charge in [-0.1, -0.05) is 0 Å². The van der Waals surface area contributed by atoms with Crippen LogP contribution in [0.4, 0.5) is 0 Å². The smallest absolute Gasteiger partial charge is 0.138 e. The molecule has 0 unspecified atom stereocenters. The van der Waals surface area contributed by atoms with E-state index in [0.717, 1.165) is 0 Å². The molecule has 0 aromatic heterocycles. The van der Waals surface area contributed by atoms with Gasteiger partial charge in [-0.15, -0.1) is 0 Å². The van der Waals surface area contributed by atoms with Crippen molar-refractivity contribution in [3.8, 4) is 0 Å². The van der Waals surface area contributed by atoms with Gasteiger partial charge in [-0.2, -0.15) is 0 Å². The SMILES string of the molecule is B[C@@H](C)OCCOS. The van der Waals surface area contributed by atoms with Gasteiger partial charge in [0.25, 0.3) is 0 Å². The van der Waals surface area contributed by atoms with Crippen LogP contribution in [0.1, 0.15) is 6.92 Å². The van der Waals surface area contributed by atoms with Crippen LogP contribution >= 0.6 is 12.9 Å². The van der Waals surface area contributed by atoms with Crippen LogP contribution in [0, 0.1) is 0 Å². The summed E-state index contributed by atoms with van der Waals surface area (Å²) in [4.78, 5) is 0. The lowest BCUT2D eigenvalue weighted by Crippen LogP contribution is -2.10. The zero-order valence-corrected chi connectivity index (χ0v) is 6.15. The molecule has 0 N–H and O–H groups in total. The van der Waals surface area contributed by atoms with Gasteiger partial charge in [-0.05, 0) is 19.8 Å². The van der Waals surface area contributed by atoms with E-state index < -0.39 is 0 Å². The Morgan fingerprint density at radius 2 is 2.25 bits per heavy atom. The van der Waals surface area contributed by atoms with Crippen LogP contribution in [0.5, 0.6) is 0 Å². The summed E-state index contributed by atoms with van der Waals surface area (Å²) in [5.41, 5.74) is 0. The molecular formula is C4H11BO2S. The Morgan fingerprint density at radius 1 is 1.62 bits per heavy atom. The Labute approximate surface area is 56.6 Å². The van der Waals surface area contributed by atoms with E-state index in [4.69, 9.17) is 4.74 Å². The zero-order valence-electron chi connectivity index (χ0n) is 5.26. The topological polar surface area (TPSA) is 18.5 Å². The summed E-state index contributed by atoms with van der Waals surface area (Å²) < 4.78 is 9.57. The predicted octanol–water partition coefficient (Wildman–Crippen LogP) is -0.157. The standard InChI is InChI=1S/C4H11BO2S/c1-4(5)6-2-3-7-8/h4,8H,2-3,5H2,1H3/t4-/m1/s1. The highest BCUT2D eigenvalue weighted by atomic mass is 32.1. The molecule has 0 aliphatic carbocycles. The molecule has 0 aliphatic rings. The molecule has 0 aromatic rings. The first-order valence-electron chi connectivity index (χ1n) is 2.65. The second-order valence-electron chi connectivity index (χ2n) is 1.75. The molecule has 48 valence electrons. The van der Waals surface area contributed by atoms with Gasteiger partial charge in [-0.3, -0.25) is 0 Å². The highest BCUT2D eigenvalue weighted by Gasteiger charge is 1.90. The monoisotopic (exact) mass is 134 g/mol. The first kappa shape index (κ1) is 8.33. The fraction of sp³-hybridized carbons (Fsp3) is 1.00. The lowest BCUT2D eigenvalue weighted by molar-refractivity contribution is 0.0943. The normalized spacial score (nSPS) is 13.8. The highest BCUT2D eigenvalue weighted by molar-refractivity contribution is 7.75. The summed E-state index contributed by atoms with van der Waals surface area (Å²) in [6.45, 7) is 3.17. The fourth-order valence-electron chi connectivity index (χ4n) is 0.321. The molecule has 0 rings (SSSR count). The van der Waals surface area contributed by atoms with Crippen molar-refractivity contribution in [2.45, 2.75) is 12.9 Å². The van der Waals surface area contributed by atoms with Crippen molar-refractivity contribution in [2.24, 2.45) is 0 Å². The van der Waals surface area contributed by atoms with Gasteiger partial charge in [-0.25, -0.2) is 0 Å². The van der Waals surface area contributed by atoms with Crippen LogP contribution in [-0.2, 0) is 8.92 Å². The lowest BCUT2D eigenvalue weighted by atomic mass is 10.0. The summed E-state index contributed by atoms with van der Waals surface area (Å²) in [6.07, 6.45) is 0. The van der Waals surface area contributed by atoms with Crippen LogP contribution < -0.4 is 0 Å². The van der Waals surface area contributed by atoms with Crippen molar-refractivity contribution < 1.29 is 8.92 Å². The summed E-state index contributed by atoms with van der Waals surface area (Å²) >= 11 is 3.54. The molecule has 8 heavy (non-hydrogen) atoms. The molecular weight excluding hydrogens is 123 g/mol. The maximum atomic E-state index is 5.11. The molecule has 0 aliphatic heterocycles. The molecule has 0 amide bonds. The molecule has 0 bridgehead atoms. The minimum Gasteiger partial charge on any atom is -0.385 e. The second-order valence-corrected chi connectivity index (χ2v) is 2.01. The Bertz CT molecular complexity index is 51.3. The predicted molar refractivity (Wildman–Crippen MR) is 38.9 cm³/mol. The van der Waals surface area contributed by atoms with Gasteiger partial charge in [0.05, 0.1) is 13.2 Å². The largest absolute Gasteiger partial charge is 0.385 e. The third-order valence-electron chi connectivity index (χ3n) is 0.626. The van der Waals surface area contributed by atoms with Crippen molar-refractivity contribution in [3.05, 3.63) is 0 Å². The van der Waals surface area contributed by atoms with E-state index in [9.17, 15) is 0 Å². The quantitative estimate of drug-likeness (QED) is 0.249. The number of ether oxygens (including phenoxy) is 1. The maximum Gasteiger partial charge on any atom is 0.138 e. The van der Waals surface area contributed by atoms with E-state index in [1.807, 2.05) is 14.8 Å². The van der Waals surface area contributed by atoms with Gasteiger partial charge in [0, 0.05) is 6.00 Å². The fourth-order valence-corrected chi connectivity index (χ4v) is 0.396. The van der Waals surface area contributed by atoms with E-state index in [1.165, 1.54) is 0 Å². The lowest BCUT2D eigenvalue weighted by Gasteiger charge is -2.04. The molecule has 0 saturated carbocycles. The molecule has 0 saturated heterocycles. The summed E-state index contributed by atoms with van der Waals surface area (Å²) in [6, 6.07) is 0.290. The van der Waals surface area contributed by atoms with Gasteiger partial charge in [0.15, 0.2) is 0 Å². The van der Waals surface area contributed by atoms with Crippen molar-refractivity contribution >= 4 is 20.8 Å². The summed E-state index contributed by atoms with van der Waals surface area (Å²) in [5, 5.41) is 0. The van der Waals surface area contributed by atoms with Crippen LogP contribution in [0.15, 0.2) is 0 Å². The van der Waals surface area contributed by atoms with Crippen LogP contribution in [0.3, 0.4) is 0 Å². The van der Waals surface area contributed by atoms with Gasteiger partial charge < -0.3 is 8.92 Å². The number of hydrogen-bond acceptors (Lipinski definition) is 3. The number of hydrogen-bond donors (Lipinski definition) is 1. The summed E-state index contributed by atoms with van der Waals surface area (Å²) in [5.74, 6) is 0. The molecule has 2 nitrogen and oxygen atoms in total. The number of rotatable bonds is 4. The summed E-state index contributed by atoms with van der Waals surface area (Å²) in [7, 11) is 1.98. The molecule has 0 spiro atoms. The zero-order chi connectivity index (χ0) is 6.41. The van der Waals surface area contributed by atoms with Crippen molar-refractivity contribution in [2.75, 3.05) is 13.2 Å². The van der Waals surface area contributed by atoms with E-state index >= 15 is 0 Å². The minimum absolute atomic E-state index is 0.290. The maximum absolute atomic E-state index is 5.11. The molecule has 1 atom stereocenters. The van der Waals surface area contributed by atoms with Gasteiger partial charge >= 0.3 is 0 Å². The third-order valence-corrected chi connectivity index (χ3v) is 0.808. The average Bonchev–Trinajstić information content (AvgIpc) is 1.66. The van der Waals surface area contributed by atoms with Gasteiger partial charge in [0.1, 0.15) is 7.85 Å². The van der Waals surface area contributed by atoms with Gasteiger partial charge in [0.2, 0.25) is 0 Å². The highest BCUT2D eigenvalue weighted by Crippen LogP contribution is 1.84. The average molecular weight is 134 g/mol. The number of thiol groups is 1. The van der Waals surface area contributed by atoms with Crippen molar-refractivity contribution in [1.29, 1.82) is 0 Å². The molecule has 0 fully saturated rings.